The second-order valence-corrected chi connectivity index (χ2v) is 14.0. The van der Waals surface area contributed by atoms with E-state index in [2.05, 4.69) is 18.2 Å². The normalized spacial score (nSPS) is 10.7. The van der Waals surface area contributed by atoms with Crippen LogP contribution in [0.5, 0.6) is 69.0 Å². The van der Waals surface area contributed by atoms with Crippen molar-refractivity contribution in [3.63, 3.8) is 0 Å². The Bertz CT molecular complexity index is 2220. The molecule has 0 radical (unpaired) electrons. The van der Waals surface area contributed by atoms with Crippen molar-refractivity contribution in [1.29, 1.82) is 0 Å². The van der Waals surface area contributed by atoms with E-state index in [0.29, 0.717) is 71.0 Å². The molecule has 0 amide bonds. The van der Waals surface area contributed by atoms with Crippen molar-refractivity contribution < 1.29 is 47.4 Å². The van der Waals surface area contributed by atoms with E-state index in [1.165, 1.54) is 0 Å². The zero-order valence-electron chi connectivity index (χ0n) is 35.7. The summed E-state index contributed by atoms with van der Waals surface area (Å²) in [7, 11) is 13.1. The summed E-state index contributed by atoms with van der Waals surface area (Å²) in [6.45, 7) is 0. The predicted molar refractivity (Wildman–Crippen MR) is 233 cm³/mol. The van der Waals surface area contributed by atoms with Gasteiger partial charge < -0.3 is 47.4 Å². The third kappa shape index (κ3) is 10.7. The van der Waals surface area contributed by atoms with Gasteiger partial charge in [-0.2, -0.15) is 0 Å². The van der Waals surface area contributed by atoms with Gasteiger partial charge in [-0.1, -0.05) is 36.4 Å². The molecule has 0 aliphatic heterocycles. The van der Waals surface area contributed by atoms with E-state index in [1.54, 1.807) is 56.9 Å². The molecular weight excluding hydrogens is 761 g/mol. The van der Waals surface area contributed by atoms with E-state index in [9.17, 15) is 0 Å². The Kier molecular flexibility index (Phi) is 14.9. The second-order valence-electron chi connectivity index (χ2n) is 14.0. The van der Waals surface area contributed by atoms with Crippen LogP contribution in [0.2, 0.25) is 0 Å². The van der Waals surface area contributed by atoms with Crippen molar-refractivity contribution >= 4 is 0 Å². The fourth-order valence-electron chi connectivity index (χ4n) is 7.11. The van der Waals surface area contributed by atoms with E-state index in [1.807, 2.05) is 91.0 Å². The number of ether oxygens (including phenoxy) is 10. The van der Waals surface area contributed by atoms with Gasteiger partial charge in [0.05, 0.1) is 56.9 Å². The van der Waals surface area contributed by atoms with Gasteiger partial charge in [0.1, 0.15) is 28.7 Å². The first-order chi connectivity index (χ1) is 29.3. The molecule has 0 saturated heterocycles. The van der Waals surface area contributed by atoms with Crippen molar-refractivity contribution in [3.8, 4) is 69.0 Å². The molecule has 6 aromatic carbocycles. The minimum atomic E-state index is 0.395. The molecule has 6 rings (SSSR count). The fourth-order valence-corrected chi connectivity index (χ4v) is 7.11. The Hall–Kier alpha value is -6.68. The summed E-state index contributed by atoms with van der Waals surface area (Å²) in [6, 6.07) is 35.8. The molecule has 0 atom stereocenters. The first-order valence-corrected chi connectivity index (χ1v) is 19.8. The third-order valence-electron chi connectivity index (χ3n) is 10.3. The van der Waals surface area contributed by atoms with E-state index < -0.39 is 0 Å². The summed E-state index contributed by atoms with van der Waals surface area (Å²) in [4.78, 5) is 0. The lowest BCUT2D eigenvalue weighted by molar-refractivity contribution is 0.331. The molecule has 0 N–H and O–H groups in total. The summed E-state index contributed by atoms with van der Waals surface area (Å²) in [5, 5.41) is 0. The van der Waals surface area contributed by atoms with Gasteiger partial charge in [0, 0.05) is 12.1 Å². The van der Waals surface area contributed by atoms with Crippen molar-refractivity contribution in [3.05, 3.63) is 143 Å². The molecule has 6 aromatic rings. The Morgan fingerprint density at radius 1 is 0.283 bits per heavy atom. The van der Waals surface area contributed by atoms with E-state index in [-0.39, 0.29) is 0 Å². The molecule has 0 aliphatic carbocycles. The van der Waals surface area contributed by atoms with Crippen LogP contribution in [0, 0.1) is 0 Å². The molecule has 0 heterocycles. The quantitative estimate of drug-likeness (QED) is 0.0699. The Balaban J connectivity index is 1.39. The third-order valence-corrected chi connectivity index (χ3v) is 10.3. The van der Waals surface area contributed by atoms with Crippen molar-refractivity contribution in [2.45, 2.75) is 38.5 Å². The van der Waals surface area contributed by atoms with E-state index in [4.69, 9.17) is 47.4 Å². The lowest BCUT2D eigenvalue weighted by Crippen LogP contribution is -2.02. The number of rotatable bonds is 21. The van der Waals surface area contributed by atoms with Gasteiger partial charge in [-0.15, -0.1) is 0 Å². The number of methoxy groups -OCH3 is 8. The fraction of sp³-hybridized carbons (Fsp3) is 0.280. The van der Waals surface area contributed by atoms with Crippen LogP contribution in [0.25, 0.3) is 0 Å². The van der Waals surface area contributed by atoms with Crippen LogP contribution in [0.1, 0.15) is 33.4 Å². The van der Waals surface area contributed by atoms with Crippen LogP contribution < -0.4 is 47.4 Å². The minimum absolute atomic E-state index is 0.395. The van der Waals surface area contributed by atoms with Crippen LogP contribution in [0.15, 0.2) is 109 Å². The van der Waals surface area contributed by atoms with Crippen molar-refractivity contribution in [1.82, 2.24) is 0 Å². The summed E-state index contributed by atoms with van der Waals surface area (Å²) in [5.74, 6) is 7.10. The molecule has 314 valence electrons. The van der Waals surface area contributed by atoms with Gasteiger partial charge >= 0.3 is 0 Å². The zero-order valence-corrected chi connectivity index (χ0v) is 35.7. The van der Waals surface area contributed by atoms with Gasteiger partial charge in [0.2, 0.25) is 5.75 Å². The number of aryl methyl sites for hydroxylation is 6. The number of hydrogen-bond donors (Lipinski definition) is 0. The van der Waals surface area contributed by atoms with Crippen LogP contribution in [-0.4, -0.2) is 56.9 Å². The average molecular weight is 815 g/mol. The molecule has 10 heteroatoms. The van der Waals surface area contributed by atoms with Crippen LogP contribution in [-0.2, 0) is 38.5 Å². The lowest BCUT2D eigenvalue weighted by Gasteiger charge is -2.21. The predicted octanol–water partition coefficient (Wildman–Crippen LogP) is 10.7. The van der Waals surface area contributed by atoms with E-state index in [0.717, 1.165) is 69.9 Å². The first kappa shape index (κ1) is 42.9. The molecule has 0 bridgehead atoms. The molecule has 0 aliphatic rings. The van der Waals surface area contributed by atoms with Gasteiger partial charge in [0.15, 0.2) is 34.5 Å². The largest absolute Gasteiger partial charge is 0.497 e. The number of benzene rings is 6. The highest BCUT2D eigenvalue weighted by atomic mass is 16.6. The van der Waals surface area contributed by atoms with Gasteiger partial charge in [0.25, 0.3) is 0 Å². The Labute approximate surface area is 353 Å². The van der Waals surface area contributed by atoms with Gasteiger partial charge in [-0.05, 0) is 133 Å². The van der Waals surface area contributed by atoms with Crippen LogP contribution in [0.4, 0.5) is 0 Å². The maximum Gasteiger partial charge on any atom is 0.204 e. The first-order valence-electron chi connectivity index (χ1n) is 19.8. The highest BCUT2D eigenvalue weighted by molar-refractivity contribution is 5.61. The summed E-state index contributed by atoms with van der Waals surface area (Å²) < 4.78 is 59.5. The van der Waals surface area contributed by atoms with Crippen molar-refractivity contribution in [2.75, 3.05) is 56.9 Å². The molecule has 0 spiro atoms. The number of hydrogen-bond acceptors (Lipinski definition) is 10. The second kappa shape index (κ2) is 20.8. The molecule has 0 aromatic heterocycles. The molecule has 0 saturated carbocycles. The Morgan fingerprint density at radius 3 is 1.00 bits per heavy atom. The summed E-state index contributed by atoms with van der Waals surface area (Å²) in [6.07, 6.45) is 4.28. The zero-order chi connectivity index (χ0) is 42.4. The molecular formula is C50H54O10. The average Bonchev–Trinajstić information content (AvgIpc) is 3.29. The summed E-state index contributed by atoms with van der Waals surface area (Å²) in [5.41, 5.74) is 6.26. The smallest absolute Gasteiger partial charge is 0.204 e. The maximum absolute atomic E-state index is 6.79. The van der Waals surface area contributed by atoms with Crippen LogP contribution in [0.3, 0.4) is 0 Å². The van der Waals surface area contributed by atoms with Crippen molar-refractivity contribution in [2.24, 2.45) is 0 Å². The van der Waals surface area contributed by atoms with Gasteiger partial charge in [-0.3, -0.25) is 0 Å². The SMILES string of the molecule is COc1cccc(CCc2cc(Oc3cc(CCc4cccc(OC)c4)c(OC)cc3OC)c(OC)c(Oc3cc(CCc4cccc(OC)c4)c(OC)cc3OC)c2)c1. The highest BCUT2D eigenvalue weighted by Gasteiger charge is 2.22. The Morgan fingerprint density at radius 2 is 0.650 bits per heavy atom. The molecule has 0 unspecified atom stereocenters. The van der Waals surface area contributed by atoms with Gasteiger partial charge in [-0.25, -0.2) is 0 Å². The highest BCUT2D eigenvalue weighted by Crippen LogP contribution is 2.48. The maximum atomic E-state index is 6.79. The standard InChI is InChI=1S/C50H54O10/c1-51-39-15-9-12-33(24-39)18-19-36-27-48(59-46-29-37(42(54-4)31-44(46)56-6)22-20-34-13-10-16-40(25-34)52-2)50(58-8)49(28-36)60-47-30-38(43(55-5)32-45(47)57-7)23-21-35-14-11-17-41(26-35)53-3/h9-17,24-32H,18-23H2,1-8H3. The lowest BCUT2D eigenvalue weighted by atomic mass is 10.0. The molecule has 10 nitrogen and oxygen atoms in total. The van der Waals surface area contributed by atoms with Crippen LogP contribution >= 0.6 is 0 Å². The molecule has 60 heavy (non-hydrogen) atoms. The summed E-state index contributed by atoms with van der Waals surface area (Å²) >= 11 is 0. The topological polar surface area (TPSA) is 92.3 Å². The van der Waals surface area contributed by atoms with E-state index >= 15 is 0 Å². The minimum Gasteiger partial charge on any atom is -0.497 e. The monoisotopic (exact) mass is 814 g/mol. The molecule has 0 fully saturated rings.